The number of hydrogen-bond acceptors (Lipinski definition) is 6. The third-order valence-electron chi connectivity index (χ3n) is 4.46. The van der Waals surface area contributed by atoms with Gasteiger partial charge < -0.3 is 19.9 Å². The zero-order chi connectivity index (χ0) is 18.6. The summed E-state index contributed by atoms with van der Waals surface area (Å²) in [5, 5.41) is 0.476. The maximum Gasteiger partial charge on any atom is 0.329 e. The molecule has 3 heterocycles. The molecule has 27 heavy (non-hydrogen) atoms. The van der Waals surface area contributed by atoms with Gasteiger partial charge in [0.1, 0.15) is 11.6 Å². The Balaban J connectivity index is 1.58. The number of aromatic nitrogens is 3. The van der Waals surface area contributed by atoms with E-state index < -0.39 is 11.2 Å². The quantitative estimate of drug-likeness (QED) is 0.678. The first-order valence-electron chi connectivity index (χ1n) is 8.76. The van der Waals surface area contributed by atoms with Crippen LogP contribution in [-0.2, 0) is 21.7 Å². The van der Waals surface area contributed by atoms with Gasteiger partial charge in [0.05, 0.1) is 31.3 Å². The molecule has 1 unspecified atom stereocenters. The molecule has 0 radical (unpaired) electrons. The minimum absolute atomic E-state index is 0.388. The van der Waals surface area contributed by atoms with Gasteiger partial charge in [0.2, 0.25) is 0 Å². The Morgan fingerprint density at radius 3 is 2.70 bits per heavy atom. The van der Waals surface area contributed by atoms with Crippen molar-refractivity contribution >= 4 is 22.6 Å². The first kappa shape index (κ1) is 17.8. The Bertz CT molecular complexity index is 893. The van der Waals surface area contributed by atoms with E-state index in [9.17, 15) is 4.55 Å². The normalized spacial score (nSPS) is 15.7. The summed E-state index contributed by atoms with van der Waals surface area (Å²) < 4.78 is 20.3. The van der Waals surface area contributed by atoms with E-state index >= 15 is 0 Å². The van der Waals surface area contributed by atoms with Crippen LogP contribution in [0.2, 0.25) is 0 Å². The summed E-state index contributed by atoms with van der Waals surface area (Å²) in [6, 6.07) is 11.6. The third kappa shape index (κ3) is 3.92. The molecule has 140 valence electrons. The Morgan fingerprint density at radius 2 is 1.93 bits per heavy atom. The van der Waals surface area contributed by atoms with Crippen molar-refractivity contribution in [1.29, 1.82) is 0 Å². The van der Waals surface area contributed by atoms with Crippen molar-refractivity contribution in [1.82, 2.24) is 14.5 Å². The first-order chi connectivity index (χ1) is 13.2. The zero-order valence-electron chi connectivity index (χ0n) is 14.8. The lowest BCUT2D eigenvalue weighted by atomic mass is 10.1. The average Bonchev–Trinajstić information content (AvgIpc) is 3.20. The molecule has 2 aromatic heterocycles. The molecule has 8 heteroatoms. The Morgan fingerprint density at radius 1 is 1.11 bits per heavy atom. The zero-order valence-corrected chi connectivity index (χ0v) is 15.6. The molecule has 3 aromatic rings. The molecule has 2 N–H and O–H groups in total. The minimum Gasteiger partial charge on any atom is -0.609 e. The van der Waals surface area contributed by atoms with Crippen LogP contribution < -0.4 is 10.6 Å². The van der Waals surface area contributed by atoms with Gasteiger partial charge in [-0.15, -0.1) is 0 Å². The van der Waals surface area contributed by atoms with E-state index in [1.807, 2.05) is 18.2 Å². The van der Waals surface area contributed by atoms with E-state index in [2.05, 4.69) is 20.9 Å². The van der Waals surface area contributed by atoms with Crippen LogP contribution in [0.4, 0.5) is 11.4 Å². The predicted molar refractivity (Wildman–Crippen MR) is 105 cm³/mol. The number of anilines is 2. The summed E-state index contributed by atoms with van der Waals surface area (Å²) in [4.78, 5) is 10.9. The maximum absolute atomic E-state index is 13.1. The number of morpholine rings is 1. The second-order valence-corrected chi connectivity index (χ2v) is 7.59. The molecular formula is C19H21N5O2S. The fraction of sp³-hybridized carbons (Fsp3) is 0.263. The summed E-state index contributed by atoms with van der Waals surface area (Å²) in [6.45, 7) is 3.11. The van der Waals surface area contributed by atoms with Crippen LogP contribution in [0.1, 0.15) is 5.56 Å². The SMILES string of the molecule is Nc1ccc(-n2ccnc2[S+]([O-])Cc2ccccc2N2CCOCC2)nc1. The highest BCUT2D eigenvalue weighted by Crippen LogP contribution is 2.26. The summed E-state index contributed by atoms with van der Waals surface area (Å²) in [7, 11) is 0. The molecule has 1 fully saturated rings. The van der Waals surface area contributed by atoms with E-state index in [0.29, 0.717) is 35.6 Å². The summed E-state index contributed by atoms with van der Waals surface area (Å²) in [6.07, 6.45) is 4.98. The van der Waals surface area contributed by atoms with Gasteiger partial charge in [-0.1, -0.05) is 18.2 Å². The number of ether oxygens (including phenoxy) is 1. The Hall–Kier alpha value is -2.55. The highest BCUT2D eigenvalue weighted by atomic mass is 32.2. The van der Waals surface area contributed by atoms with Crippen LogP contribution >= 0.6 is 0 Å². The molecule has 0 aliphatic carbocycles. The summed E-state index contributed by atoms with van der Waals surface area (Å²) in [5.74, 6) is 1.03. The standard InChI is InChI=1S/C19H21N5O2S/c20-16-5-6-18(22-13-16)24-8-7-21-19(24)27(25)14-15-3-1-2-4-17(15)23-9-11-26-12-10-23/h1-8,13H,9-12,14,20H2. The molecular weight excluding hydrogens is 362 g/mol. The maximum atomic E-state index is 13.1. The number of nitrogens with two attached hydrogens (primary N) is 1. The number of nitrogens with zero attached hydrogens (tertiary/aromatic N) is 4. The molecule has 1 aliphatic heterocycles. The first-order valence-corrected chi connectivity index (χ1v) is 10.1. The summed E-state index contributed by atoms with van der Waals surface area (Å²) >= 11 is -1.31. The largest absolute Gasteiger partial charge is 0.609 e. The molecule has 0 spiro atoms. The average molecular weight is 383 g/mol. The van der Waals surface area contributed by atoms with Gasteiger partial charge in [0.25, 0.3) is 0 Å². The lowest BCUT2D eigenvalue weighted by Crippen LogP contribution is -2.36. The topological polar surface area (TPSA) is 92.3 Å². The van der Waals surface area contributed by atoms with E-state index in [4.69, 9.17) is 10.5 Å². The van der Waals surface area contributed by atoms with Gasteiger partial charge in [-0.25, -0.2) is 9.55 Å². The number of pyridine rings is 1. The second-order valence-electron chi connectivity index (χ2n) is 6.25. The van der Waals surface area contributed by atoms with E-state index in [0.717, 1.165) is 24.3 Å². The number of imidazole rings is 1. The van der Waals surface area contributed by atoms with Crippen LogP contribution in [-0.4, -0.2) is 45.4 Å². The lowest BCUT2D eigenvalue weighted by Gasteiger charge is -2.30. The van der Waals surface area contributed by atoms with E-state index in [1.165, 1.54) is 0 Å². The molecule has 4 rings (SSSR count). The van der Waals surface area contributed by atoms with Crippen molar-refractivity contribution in [3.63, 3.8) is 0 Å². The Kier molecular flexibility index (Phi) is 5.28. The number of para-hydroxylation sites is 1. The number of hydrogen-bond donors (Lipinski definition) is 1. The monoisotopic (exact) mass is 383 g/mol. The van der Waals surface area contributed by atoms with Gasteiger partial charge in [-0.3, -0.25) is 0 Å². The molecule has 0 saturated carbocycles. The molecule has 1 aliphatic rings. The smallest absolute Gasteiger partial charge is 0.329 e. The second kappa shape index (κ2) is 7.99. The summed E-state index contributed by atoms with van der Waals surface area (Å²) in [5.41, 5.74) is 8.44. The highest BCUT2D eigenvalue weighted by molar-refractivity contribution is 7.90. The molecule has 1 aromatic carbocycles. The van der Waals surface area contributed by atoms with Crippen LogP contribution in [0.3, 0.4) is 0 Å². The van der Waals surface area contributed by atoms with Crippen LogP contribution in [0.15, 0.2) is 60.1 Å². The van der Waals surface area contributed by atoms with Crippen LogP contribution in [0.25, 0.3) is 5.82 Å². The van der Waals surface area contributed by atoms with Gasteiger partial charge in [0, 0.05) is 41.7 Å². The van der Waals surface area contributed by atoms with Gasteiger partial charge in [0.15, 0.2) is 0 Å². The molecule has 0 bridgehead atoms. The molecule has 1 atom stereocenters. The lowest BCUT2D eigenvalue weighted by molar-refractivity contribution is 0.122. The fourth-order valence-electron chi connectivity index (χ4n) is 3.12. The van der Waals surface area contributed by atoms with Crippen molar-refractivity contribution in [2.75, 3.05) is 36.9 Å². The van der Waals surface area contributed by atoms with E-state index in [-0.39, 0.29) is 0 Å². The van der Waals surface area contributed by atoms with Crippen molar-refractivity contribution in [2.24, 2.45) is 0 Å². The van der Waals surface area contributed by atoms with Gasteiger partial charge in [-0.05, 0) is 18.2 Å². The van der Waals surface area contributed by atoms with Crippen LogP contribution in [0.5, 0.6) is 0 Å². The van der Waals surface area contributed by atoms with Crippen molar-refractivity contribution < 1.29 is 9.29 Å². The number of rotatable bonds is 5. The van der Waals surface area contributed by atoms with Crippen molar-refractivity contribution in [2.45, 2.75) is 10.9 Å². The molecule has 0 amide bonds. The van der Waals surface area contributed by atoms with Crippen molar-refractivity contribution in [3.05, 3.63) is 60.6 Å². The number of nitrogen functional groups attached to an aromatic ring is 1. The van der Waals surface area contributed by atoms with Crippen molar-refractivity contribution in [3.8, 4) is 5.82 Å². The fourth-order valence-corrected chi connectivity index (χ4v) is 4.33. The Labute approximate surface area is 161 Å². The third-order valence-corrected chi connectivity index (χ3v) is 5.74. The molecule has 7 nitrogen and oxygen atoms in total. The number of benzene rings is 1. The predicted octanol–water partition coefficient (Wildman–Crippen LogP) is 1.99. The van der Waals surface area contributed by atoms with Crippen LogP contribution in [0, 0.1) is 0 Å². The highest BCUT2D eigenvalue weighted by Gasteiger charge is 2.23. The minimum atomic E-state index is -1.31. The van der Waals surface area contributed by atoms with E-state index in [1.54, 1.807) is 35.3 Å². The molecule has 1 saturated heterocycles. The van der Waals surface area contributed by atoms with Gasteiger partial charge in [-0.2, -0.15) is 4.98 Å². The van der Waals surface area contributed by atoms with Gasteiger partial charge >= 0.3 is 5.16 Å².